The van der Waals surface area contributed by atoms with E-state index in [-0.39, 0.29) is 17.9 Å². The molecule has 1 aliphatic rings. The Morgan fingerprint density at radius 1 is 1.33 bits per heavy atom. The summed E-state index contributed by atoms with van der Waals surface area (Å²) in [6, 6.07) is 7.04. The third-order valence-corrected chi connectivity index (χ3v) is 3.54. The Hall–Kier alpha value is -1.88. The fourth-order valence-corrected chi connectivity index (χ4v) is 2.34. The predicted molar refractivity (Wildman–Crippen MR) is 81.3 cm³/mol. The summed E-state index contributed by atoms with van der Waals surface area (Å²) in [6.45, 7) is 3.18. The normalized spacial score (nSPS) is 17.5. The van der Waals surface area contributed by atoms with Gasteiger partial charge in [-0.2, -0.15) is 0 Å². The van der Waals surface area contributed by atoms with Crippen LogP contribution >= 0.6 is 0 Å². The van der Waals surface area contributed by atoms with Crippen molar-refractivity contribution < 1.29 is 14.3 Å². The Bertz CT molecular complexity index is 496. The van der Waals surface area contributed by atoms with E-state index >= 15 is 0 Å². The number of nitrogens with one attached hydrogen (secondary N) is 2. The molecule has 114 valence electrons. The standard InChI is InChI=1S/C16H22N2O3/c1-2-15(19)18-14-8-4-3-7-13(14)16(20)17-10-9-12-6-5-11-21-12/h3-4,7-8,12H,2,5-6,9-11H2,1H3,(H,17,20)(H,18,19)/t12-/m0/s1. The number of rotatable bonds is 6. The first kappa shape index (κ1) is 15.5. The summed E-state index contributed by atoms with van der Waals surface area (Å²) >= 11 is 0. The van der Waals surface area contributed by atoms with Crippen LogP contribution in [0.2, 0.25) is 0 Å². The minimum atomic E-state index is -0.167. The zero-order chi connectivity index (χ0) is 15.1. The summed E-state index contributed by atoms with van der Waals surface area (Å²) in [5.41, 5.74) is 1.05. The van der Waals surface area contributed by atoms with Crippen molar-refractivity contribution in [2.24, 2.45) is 0 Å². The fraction of sp³-hybridized carbons (Fsp3) is 0.500. The first-order valence-electron chi connectivity index (χ1n) is 7.49. The molecule has 1 heterocycles. The molecule has 0 bridgehead atoms. The number of para-hydroxylation sites is 1. The number of ether oxygens (including phenoxy) is 1. The van der Waals surface area contributed by atoms with Crippen molar-refractivity contribution in [1.82, 2.24) is 5.32 Å². The Morgan fingerprint density at radius 3 is 2.86 bits per heavy atom. The molecule has 0 aromatic heterocycles. The van der Waals surface area contributed by atoms with Crippen molar-refractivity contribution >= 4 is 17.5 Å². The fourth-order valence-electron chi connectivity index (χ4n) is 2.34. The molecule has 5 heteroatoms. The van der Waals surface area contributed by atoms with Gasteiger partial charge >= 0.3 is 0 Å². The monoisotopic (exact) mass is 290 g/mol. The Morgan fingerprint density at radius 2 is 2.14 bits per heavy atom. The molecule has 1 fully saturated rings. The van der Waals surface area contributed by atoms with Crippen LogP contribution in [0.4, 0.5) is 5.69 Å². The lowest BCUT2D eigenvalue weighted by molar-refractivity contribution is -0.115. The maximum atomic E-state index is 12.2. The third-order valence-electron chi connectivity index (χ3n) is 3.54. The average Bonchev–Trinajstić information content (AvgIpc) is 3.01. The van der Waals surface area contributed by atoms with Gasteiger partial charge in [0.1, 0.15) is 0 Å². The third kappa shape index (κ3) is 4.56. The van der Waals surface area contributed by atoms with E-state index in [9.17, 15) is 9.59 Å². The first-order valence-corrected chi connectivity index (χ1v) is 7.49. The summed E-state index contributed by atoms with van der Waals surface area (Å²) < 4.78 is 5.52. The molecule has 0 spiro atoms. The van der Waals surface area contributed by atoms with Crippen molar-refractivity contribution in [2.45, 2.75) is 38.7 Å². The molecule has 1 atom stereocenters. The second-order valence-corrected chi connectivity index (χ2v) is 5.13. The minimum Gasteiger partial charge on any atom is -0.378 e. The van der Waals surface area contributed by atoms with E-state index in [1.807, 2.05) is 0 Å². The van der Waals surface area contributed by atoms with Crippen LogP contribution in [-0.4, -0.2) is 31.1 Å². The van der Waals surface area contributed by atoms with Crippen LogP contribution in [0.5, 0.6) is 0 Å². The second kappa shape index (κ2) is 7.78. The van der Waals surface area contributed by atoms with Gasteiger partial charge in [0.25, 0.3) is 5.91 Å². The van der Waals surface area contributed by atoms with Crippen molar-refractivity contribution in [3.8, 4) is 0 Å². The van der Waals surface area contributed by atoms with Crippen LogP contribution < -0.4 is 10.6 Å². The van der Waals surface area contributed by atoms with Crippen LogP contribution in [0.25, 0.3) is 0 Å². The lowest BCUT2D eigenvalue weighted by Crippen LogP contribution is -2.28. The lowest BCUT2D eigenvalue weighted by atomic mass is 10.1. The van der Waals surface area contributed by atoms with E-state index in [4.69, 9.17) is 4.74 Å². The molecule has 0 saturated carbocycles. The highest BCUT2D eigenvalue weighted by Crippen LogP contribution is 2.16. The van der Waals surface area contributed by atoms with Crippen LogP contribution in [0, 0.1) is 0 Å². The van der Waals surface area contributed by atoms with Crippen molar-refractivity contribution in [3.05, 3.63) is 29.8 Å². The maximum Gasteiger partial charge on any atom is 0.253 e. The Balaban J connectivity index is 1.90. The highest BCUT2D eigenvalue weighted by atomic mass is 16.5. The van der Waals surface area contributed by atoms with Crippen LogP contribution in [0.1, 0.15) is 43.0 Å². The molecule has 0 radical (unpaired) electrons. The summed E-state index contributed by atoms with van der Waals surface area (Å²) in [6.07, 6.45) is 3.65. The number of carbonyl (C=O) groups is 2. The molecule has 1 saturated heterocycles. The number of anilines is 1. The largest absolute Gasteiger partial charge is 0.378 e. The van der Waals surface area contributed by atoms with Crippen molar-refractivity contribution in [2.75, 3.05) is 18.5 Å². The topological polar surface area (TPSA) is 67.4 Å². The van der Waals surface area contributed by atoms with Crippen LogP contribution in [-0.2, 0) is 9.53 Å². The first-order chi connectivity index (χ1) is 10.2. The van der Waals surface area contributed by atoms with Crippen LogP contribution in [0.3, 0.4) is 0 Å². The molecule has 0 unspecified atom stereocenters. The summed E-state index contributed by atoms with van der Waals surface area (Å²) in [7, 11) is 0. The van der Waals surface area contributed by atoms with E-state index < -0.39 is 0 Å². The zero-order valence-corrected chi connectivity index (χ0v) is 12.4. The number of amides is 2. The summed E-state index contributed by atoms with van der Waals surface area (Å²) in [5.74, 6) is -0.269. The zero-order valence-electron chi connectivity index (χ0n) is 12.4. The van der Waals surface area contributed by atoms with Gasteiger partial charge in [0.15, 0.2) is 0 Å². The van der Waals surface area contributed by atoms with Gasteiger partial charge in [-0.15, -0.1) is 0 Å². The van der Waals surface area contributed by atoms with E-state index in [0.29, 0.717) is 24.2 Å². The molecular formula is C16H22N2O3. The number of carbonyl (C=O) groups excluding carboxylic acids is 2. The molecule has 1 aliphatic heterocycles. The minimum absolute atomic E-state index is 0.102. The molecular weight excluding hydrogens is 268 g/mol. The SMILES string of the molecule is CCC(=O)Nc1ccccc1C(=O)NCC[C@@H]1CCCO1. The molecule has 1 aromatic rings. The molecule has 2 N–H and O–H groups in total. The van der Waals surface area contributed by atoms with Gasteiger partial charge in [0.2, 0.25) is 5.91 Å². The quantitative estimate of drug-likeness (QED) is 0.845. The van der Waals surface area contributed by atoms with Gasteiger partial charge in [-0.05, 0) is 31.4 Å². The number of benzene rings is 1. The second-order valence-electron chi connectivity index (χ2n) is 5.13. The van der Waals surface area contributed by atoms with Gasteiger partial charge in [0.05, 0.1) is 17.4 Å². The van der Waals surface area contributed by atoms with Crippen molar-refractivity contribution in [1.29, 1.82) is 0 Å². The van der Waals surface area contributed by atoms with Gasteiger partial charge in [-0.3, -0.25) is 9.59 Å². The molecule has 21 heavy (non-hydrogen) atoms. The maximum absolute atomic E-state index is 12.2. The number of hydrogen-bond donors (Lipinski definition) is 2. The predicted octanol–water partition coefficient (Wildman–Crippen LogP) is 2.33. The van der Waals surface area contributed by atoms with E-state index in [2.05, 4.69) is 10.6 Å². The summed E-state index contributed by atoms with van der Waals surface area (Å²) in [5, 5.41) is 5.64. The smallest absolute Gasteiger partial charge is 0.253 e. The van der Waals surface area contributed by atoms with E-state index in [1.165, 1.54) is 0 Å². The van der Waals surface area contributed by atoms with Gasteiger partial charge in [0, 0.05) is 19.6 Å². The van der Waals surface area contributed by atoms with E-state index in [0.717, 1.165) is 25.9 Å². The van der Waals surface area contributed by atoms with Crippen LogP contribution in [0.15, 0.2) is 24.3 Å². The highest BCUT2D eigenvalue weighted by Gasteiger charge is 2.16. The van der Waals surface area contributed by atoms with Gasteiger partial charge in [-0.1, -0.05) is 19.1 Å². The molecule has 1 aromatic carbocycles. The van der Waals surface area contributed by atoms with Gasteiger partial charge < -0.3 is 15.4 Å². The molecule has 5 nitrogen and oxygen atoms in total. The number of hydrogen-bond acceptors (Lipinski definition) is 3. The van der Waals surface area contributed by atoms with Crippen molar-refractivity contribution in [3.63, 3.8) is 0 Å². The average molecular weight is 290 g/mol. The Labute approximate surface area is 125 Å². The Kier molecular flexibility index (Phi) is 5.75. The highest BCUT2D eigenvalue weighted by molar-refractivity contribution is 6.03. The summed E-state index contributed by atoms with van der Waals surface area (Å²) in [4.78, 5) is 23.7. The van der Waals surface area contributed by atoms with E-state index in [1.54, 1.807) is 31.2 Å². The lowest BCUT2D eigenvalue weighted by Gasteiger charge is -2.12. The van der Waals surface area contributed by atoms with Gasteiger partial charge in [-0.25, -0.2) is 0 Å². The molecule has 0 aliphatic carbocycles. The molecule has 2 amide bonds. The molecule has 2 rings (SSSR count).